The van der Waals surface area contributed by atoms with Crippen LogP contribution < -0.4 is 16.4 Å². The van der Waals surface area contributed by atoms with Gasteiger partial charge in [-0.1, -0.05) is 30.3 Å². The molecule has 10 heteroatoms. The van der Waals surface area contributed by atoms with E-state index in [9.17, 15) is 19.2 Å². The van der Waals surface area contributed by atoms with Gasteiger partial charge < -0.3 is 26.4 Å². The normalized spacial score (nSPS) is 18.9. The molecule has 1 saturated heterocycles. The third-order valence-electron chi connectivity index (χ3n) is 5.00. The summed E-state index contributed by atoms with van der Waals surface area (Å²) in [4.78, 5) is 50.6. The van der Waals surface area contributed by atoms with Gasteiger partial charge in [-0.15, -0.1) is 0 Å². The van der Waals surface area contributed by atoms with Crippen molar-refractivity contribution < 1.29 is 24.3 Å². The molecule has 1 heterocycles. The summed E-state index contributed by atoms with van der Waals surface area (Å²) in [6.07, 6.45) is 1.29. The minimum Gasteiger partial charge on any atom is -0.480 e. The largest absolute Gasteiger partial charge is 0.480 e. The lowest BCUT2D eigenvalue weighted by Crippen LogP contribution is -2.57. The first-order valence-corrected chi connectivity index (χ1v) is 10.4. The van der Waals surface area contributed by atoms with Gasteiger partial charge in [-0.3, -0.25) is 19.2 Å². The fourth-order valence-electron chi connectivity index (χ4n) is 3.30. The zero-order valence-electron chi connectivity index (χ0n) is 16.8. The predicted octanol–water partition coefficient (Wildman–Crippen LogP) is -0.449. The minimum absolute atomic E-state index is 0.162. The highest BCUT2D eigenvalue weighted by molar-refractivity contribution is 7.80. The van der Waals surface area contributed by atoms with Crippen LogP contribution in [0.1, 0.15) is 25.3 Å². The molecule has 0 saturated carbocycles. The summed E-state index contributed by atoms with van der Waals surface area (Å²) in [6.45, 7) is 1.75. The van der Waals surface area contributed by atoms with Gasteiger partial charge in [-0.05, 0) is 25.3 Å². The number of amides is 3. The van der Waals surface area contributed by atoms with Crippen LogP contribution >= 0.6 is 12.6 Å². The van der Waals surface area contributed by atoms with Crippen LogP contribution in [0, 0.1) is 0 Å². The summed E-state index contributed by atoms with van der Waals surface area (Å²) in [6, 6.07) is 5.44. The molecule has 30 heavy (non-hydrogen) atoms. The van der Waals surface area contributed by atoms with Crippen molar-refractivity contribution in [2.24, 2.45) is 5.73 Å². The van der Waals surface area contributed by atoms with Crippen molar-refractivity contribution >= 4 is 36.3 Å². The minimum atomic E-state index is -1.18. The number of nitrogens with zero attached hydrogens (tertiary/aromatic N) is 1. The molecular formula is C20H28N4O5S. The molecule has 2 rings (SSSR count). The van der Waals surface area contributed by atoms with Crippen molar-refractivity contribution in [1.82, 2.24) is 15.5 Å². The summed E-state index contributed by atoms with van der Waals surface area (Å²) < 4.78 is 0. The Balaban J connectivity index is 2.15. The standard InChI is InChI=1S/C20H28N4O5S/c1-12(20(28)29)22-17(25)15(10-13-6-3-2-4-7-13)23-18(26)16-8-5-9-24(16)19(27)14(21)11-30/h2-4,6-7,12,14-16,30H,5,8-11,21H2,1H3,(H,22,25)(H,23,26)(H,28,29). The number of likely N-dealkylation sites (tertiary alicyclic amines) is 1. The van der Waals surface area contributed by atoms with E-state index in [1.54, 1.807) is 0 Å². The number of carbonyl (C=O) groups excluding carboxylic acids is 3. The number of nitrogens with two attached hydrogens (primary N) is 1. The molecule has 0 aromatic heterocycles. The van der Waals surface area contributed by atoms with Crippen LogP contribution in [0.4, 0.5) is 0 Å². The molecule has 0 radical (unpaired) electrons. The van der Waals surface area contributed by atoms with E-state index < -0.39 is 42.0 Å². The van der Waals surface area contributed by atoms with Crippen molar-refractivity contribution in [3.63, 3.8) is 0 Å². The number of thiol groups is 1. The first kappa shape index (κ1) is 23.7. The Hall–Kier alpha value is -2.59. The summed E-state index contributed by atoms with van der Waals surface area (Å²) in [5, 5.41) is 14.2. The summed E-state index contributed by atoms with van der Waals surface area (Å²) in [5.41, 5.74) is 6.58. The maximum absolute atomic E-state index is 12.9. The lowest BCUT2D eigenvalue weighted by atomic mass is 10.0. The van der Waals surface area contributed by atoms with E-state index in [1.165, 1.54) is 11.8 Å². The highest BCUT2D eigenvalue weighted by atomic mass is 32.1. The van der Waals surface area contributed by atoms with E-state index in [1.807, 2.05) is 30.3 Å². The summed E-state index contributed by atoms with van der Waals surface area (Å²) in [7, 11) is 0. The molecule has 1 aliphatic heterocycles. The molecule has 1 aliphatic rings. The summed E-state index contributed by atoms with van der Waals surface area (Å²) in [5.74, 6) is -2.44. The average Bonchev–Trinajstić information content (AvgIpc) is 3.22. The lowest BCUT2D eigenvalue weighted by Gasteiger charge is -2.28. The Bertz CT molecular complexity index is 776. The molecule has 1 aromatic rings. The van der Waals surface area contributed by atoms with E-state index in [2.05, 4.69) is 23.3 Å². The Kier molecular flexibility index (Phi) is 8.67. The van der Waals surface area contributed by atoms with Gasteiger partial charge in [-0.25, -0.2) is 0 Å². The molecule has 164 valence electrons. The number of benzene rings is 1. The van der Waals surface area contributed by atoms with Crippen LogP contribution in [-0.2, 0) is 25.6 Å². The predicted molar refractivity (Wildman–Crippen MR) is 114 cm³/mol. The SMILES string of the molecule is CC(NC(=O)C(Cc1ccccc1)NC(=O)C1CCCN1C(=O)C(N)CS)C(=O)O. The first-order chi connectivity index (χ1) is 14.2. The van der Waals surface area contributed by atoms with Crippen LogP contribution in [0.2, 0.25) is 0 Å². The molecular weight excluding hydrogens is 408 g/mol. The topological polar surface area (TPSA) is 142 Å². The van der Waals surface area contributed by atoms with Gasteiger partial charge in [0.1, 0.15) is 18.1 Å². The van der Waals surface area contributed by atoms with E-state index >= 15 is 0 Å². The Labute approximate surface area is 180 Å². The summed E-state index contributed by atoms with van der Waals surface area (Å²) >= 11 is 4.04. The number of carboxylic acids is 1. The molecule has 1 fully saturated rings. The average molecular weight is 437 g/mol. The molecule has 3 amide bonds. The second kappa shape index (κ2) is 11.0. The zero-order valence-corrected chi connectivity index (χ0v) is 17.7. The van der Waals surface area contributed by atoms with Crippen LogP contribution in [0.25, 0.3) is 0 Å². The van der Waals surface area contributed by atoms with Gasteiger partial charge in [0.15, 0.2) is 0 Å². The number of hydrogen-bond donors (Lipinski definition) is 5. The van der Waals surface area contributed by atoms with E-state index in [4.69, 9.17) is 10.8 Å². The third kappa shape index (κ3) is 6.20. The second-order valence-corrected chi connectivity index (χ2v) is 7.66. The van der Waals surface area contributed by atoms with Gasteiger partial charge in [0.05, 0.1) is 6.04 Å². The van der Waals surface area contributed by atoms with Crippen molar-refractivity contribution in [2.45, 2.75) is 50.4 Å². The molecule has 5 N–H and O–H groups in total. The van der Waals surface area contributed by atoms with Crippen LogP contribution in [0.3, 0.4) is 0 Å². The van der Waals surface area contributed by atoms with Gasteiger partial charge in [-0.2, -0.15) is 12.6 Å². The quantitative estimate of drug-likeness (QED) is 0.332. The molecule has 0 spiro atoms. The van der Waals surface area contributed by atoms with Gasteiger partial charge >= 0.3 is 5.97 Å². The molecule has 9 nitrogen and oxygen atoms in total. The molecule has 0 aliphatic carbocycles. The number of carbonyl (C=O) groups is 4. The monoisotopic (exact) mass is 436 g/mol. The number of carboxylic acid groups (broad SMARTS) is 1. The van der Waals surface area contributed by atoms with Crippen LogP contribution in [0.5, 0.6) is 0 Å². The molecule has 4 unspecified atom stereocenters. The zero-order chi connectivity index (χ0) is 22.3. The maximum atomic E-state index is 12.9. The van der Waals surface area contributed by atoms with Crippen molar-refractivity contribution in [1.29, 1.82) is 0 Å². The highest BCUT2D eigenvalue weighted by Crippen LogP contribution is 2.19. The van der Waals surface area contributed by atoms with Gasteiger partial charge in [0, 0.05) is 18.7 Å². The third-order valence-corrected chi connectivity index (χ3v) is 5.39. The van der Waals surface area contributed by atoms with E-state index in [-0.39, 0.29) is 18.1 Å². The Morgan fingerprint density at radius 2 is 1.90 bits per heavy atom. The van der Waals surface area contributed by atoms with Gasteiger partial charge in [0.25, 0.3) is 0 Å². The first-order valence-electron chi connectivity index (χ1n) is 9.79. The number of nitrogens with one attached hydrogen (secondary N) is 2. The number of rotatable bonds is 9. The fourth-order valence-corrected chi connectivity index (χ4v) is 3.45. The van der Waals surface area contributed by atoms with Crippen molar-refractivity contribution in [3.8, 4) is 0 Å². The van der Waals surface area contributed by atoms with Crippen molar-refractivity contribution in [2.75, 3.05) is 12.3 Å². The fraction of sp³-hybridized carbons (Fsp3) is 0.500. The molecule has 1 aromatic carbocycles. The van der Waals surface area contributed by atoms with Crippen LogP contribution in [0.15, 0.2) is 30.3 Å². The maximum Gasteiger partial charge on any atom is 0.325 e. The van der Waals surface area contributed by atoms with E-state index in [0.717, 1.165) is 5.56 Å². The number of aliphatic carboxylic acids is 1. The molecule has 0 bridgehead atoms. The molecule has 4 atom stereocenters. The van der Waals surface area contributed by atoms with Crippen molar-refractivity contribution in [3.05, 3.63) is 35.9 Å². The van der Waals surface area contributed by atoms with Crippen LogP contribution in [-0.4, -0.2) is 70.2 Å². The Morgan fingerprint density at radius 1 is 1.23 bits per heavy atom. The smallest absolute Gasteiger partial charge is 0.325 e. The Morgan fingerprint density at radius 3 is 2.50 bits per heavy atom. The second-order valence-electron chi connectivity index (χ2n) is 7.30. The highest BCUT2D eigenvalue weighted by Gasteiger charge is 2.37. The van der Waals surface area contributed by atoms with E-state index in [0.29, 0.717) is 19.4 Å². The number of hydrogen-bond acceptors (Lipinski definition) is 6. The lowest BCUT2D eigenvalue weighted by molar-refractivity contribution is -0.142. The van der Waals surface area contributed by atoms with Gasteiger partial charge in [0.2, 0.25) is 17.7 Å².